The topological polar surface area (TPSA) is 85.5 Å². The summed E-state index contributed by atoms with van der Waals surface area (Å²) in [4.78, 5) is 11.9. The lowest BCUT2D eigenvalue weighted by molar-refractivity contribution is -0.131. The van der Waals surface area contributed by atoms with Gasteiger partial charge in [-0.2, -0.15) is 0 Å². The van der Waals surface area contributed by atoms with E-state index >= 15 is 0 Å². The predicted octanol–water partition coefficient (Wildman–Crippen LogP) is 5.64. The maximum Gasteiger partial charge on any atom is 0.342 e. The molecule has 0 fully saturated rings. The third-order valence-electron chi connectivity index (χ3n) is 3.71. The van der Waals surface area contributed by atoms with Gasteiger partial charge >= 0.3 is 5.97 Å². The second kappa shape index (κ2) is 10.4. The van der Waals surface area contributed by atoms with Gasteiger partial charge in [0.25, 0.3) is 5.22 Å². The number of aliphatic carboxylic acids is 1. The van der Waals surface area contributed by atoms with Crippen LogP contribution >= 0.6 is 56.9 Å². The minimum atomic E-state index is -1.07. The Hall–Kier alpha value is -1.60. The first-order valence-electron chi connectivity index (χ1n) is 8.57. The van der Waals surface area contributed by atoms with Gasteiger partial charge in [-0.1, -0.05) is 37.3 Å². The minimum absolute atomic E-state index is 0.0682. The number of ether oxygens (including phenoxy) is 1. The third-order valence-corrected chi connectivity index (χ3v) is 5.98. The molecule has 1 aromatic heterocycles. The number of hydrogen-bond donors (Lipinski definition) is 1. The van der Waals surface area contributed by atoms with E-state index in [0.717, 1.165) is 24.5 Å². The highest BCUT2D eigenvalue weighted by Gasteiger charge is 2.17. The smallest absolute Gasteiger partial charge is 0.342 e. The molecule has 0 spiro atoms. The summed E-state index contributed by atoms with van der Waals surface area (Å²) >= 11 is 5.32. The van der Waals surface area contributed by atoms with Crippen molar-refractivity contribution in [2.45, 2.75) is 25.2 Å². The van der Waals surface area contributed by atoms with Crippen molar-refractivity contribution < 1.29 is 19.1 Å². The number of aromatic nitrogens is 2. The molecule has 0 aliphatic heterocycles. The van der Waals surface area contributed by atoms with Gasteiger partial charge < -0.3 is 14.3 Å². The fourth-order valence-electron chi connectivity index (χ4n) is 2.36. The Labute approximate surface area is 199 Å². The maximum absolute atomic E-state index is 11.8. The molecule has 0 saturated heterocycles. The zero-order valence-corrected chi connectivity index (χ0v) is 20.4. The van der Waals surface area contributed by atoms with Crippen molar-refractivity contribution >= 4 is 69.0 Å². The molecular weight excluding hydrogens is 618 g/mol. The Morgan fingerprint density at radius 2 is 2.00 bits per heavy atom. The van der Waals surface area contributed by atoms with Crippen LogP contribution in [0.2, 0.25) is 0 Å². The van der Waals surface area contributed by atoms with Crippen LogP contribution in [-0.2, 0) is 17.8 Å². The van der Waals surface area contributed by atoms with Gasteiger partial charge in [-0.3, -0.25) is 0 Å². The number of hydrogen-bond acceptors (Lipinski definition) is 6. The van der Waals surface area contributed by atoms with Crippen molar-refractivity contribution in [2.75, 3.05) is 0 Å². The first-order chi connectivity index (χ1) is 14.0. The Balaban J connectivity index is 1.92. The molecule has 1 heterocycles. The molecule has 0 atom stereocenters. The zero-order valence-electron chi connectivity index (χ0n) is 15.3. The summed E-state index contributed by atoms with van der Waals surface area (Å²) in [5.74, 6) is 0.0241. The van der Waals surface area contributed by atoms with E-state index in [0.29, 0.717) is 30.2 Å². The number of carboxylic acids is 1. The summed E-state index contributed by atoms with van der Waals surface area (Å²) in [6.07, 6.45) is 2.17. The molecular formula is C20H16I2N2O4S. The highest BCUT2D eigenvalue weighted by molar-refractivity contribution is 14.1. The third kappa shape index (κ3) is 6.19. The molecule has 9 heteroatoms. The van der Waals surface area contributed by atoms with Gasteiger partial charge in [0.05, 0.1) is 3.57 Å². The second-order valence-electron chi connectivity index (χ2n) is 5.81. The molecule has 0 saturated carbocycles. The van der Waals surface area contributed by atoms with Crippen LogP contribution < -0.4 is 4.74 Å². The van der Waals surface area contributed by atoms with Crippen molar-refractivity contribution in [1.82, 2.24) is 10.2 Å². The molecule has 0 aliphatic rings. The molecule has 0 bridgehead atoms. The van der Waals surface area contributed by atoms with Crippen molar-refractivity contribution in [3.05, 3.63) is 71.5 Å². The number of benzene rings is 2. The van der Waals surface area contributed by atoms with Crippen LogP contribution in [0.25, 0.3) is 6.08 Å². The Kier molecular flexibility index (Phi) is 7.95. The Morgan fingerprint density at radius 3 is 2.66 bits per heavy atom. The number of carbonyl (C=O) groups is 1. The lowest BCUT2D eigenvalue weighted by atomic mass is 10.2. The van der Waals surface area contributed by atoms with Crippen molar-refractivity contribution in [2.24, 2.45) is 0 Å². The molecule has 3 rings (SSSR count). The molecule has 0 aliphatic carbocycles. The minimum Gasteiger partial charge on any atom is -0.487 e. The number of rotatable bonds is 8. The highest BCUT2D eigenvalue weighted by Crippen LogP contribution is 2.34. The maximum atomic E-state index is 11.8. The summed E-state index contributed by atoms with van der Waals surface area (Å²) in [6.45, 7) is 2.28. The van der Waals surface area contributed by atoms with Gasteiger partial charge in [0.2, 0.25) is 5.89 Å². The molecule has 6 nitrogen and oxygen atoms in total. The van der Waals surface area contributed by atoms with Crippen LogP contribution in [0.5, 0.6) is 5.75 Å². The van der Waals surface area contributed by atoms with Gasteiger partial charge in [-0.15, -0.1) is 10.2 Å². The molecule has 1 N–H and O–H groups in total. The van der Waals surface area contributed by atoms with Crippen molar-refractivity contribution in [1.29, 1.82) is 0 Å². The van der Waals surface area contributed by atoms with E-state index in [2.05, 4.69) is 55.4 Å². The summed E-state index contributed by atoms with van der Waals surface area (Å²) in [5, 5.41) is 17.6. The van der Waals surface area contributed by atoms with E-state index in [1.165, 1.54) is 0 Å². The second-order valence-corrected chi connectivity index (χ2v) is 9.21. The summed E-state index contributed by atoms with van der Waals surface area (Å²) in [7, 11) is 0. The van der Waals surface area contributed by atoms with Gasteiger partial charge in [0, 0.05) is 15.6 Å². The number of thioether (sulfide) groups is 1. The SMILES string of the molecule is CCc1nnc(S/C(=C\c2cc(I)cc(I)c2OCc2ccccc2)C(=O)O)o1. The summed E-state index contributed by atoms with van der Waals surface area (Å²) in [5.41, 5.74) is 1.71. The molecule has 0 amide bonds. The molecule has 150 valence electrons. The number of nitrogens with zero attached hydrogens (tertiary/aromatic N) is 2. The van der Waals surface area contributed by atoms with E-state index in [-0.39, 0.29) is 10.1 Å². The zero-order chi connectivity index (χ0) is 20.8. The molecule has 3 aromatic rings. The van der Waals surface area contributed by atoms with Crippen molar-refractivity contribution in [3.8, 4) is 5.75 Å². The fourth-order valence-corrected chi connectivity index (χ4v) is 5.09. The monoisotopic (exact) mass is 634 g/mol. The first kappa shape index (κ1) is 22.1. The van der Waals surface area contributed by atoms with E-state index in [9.17, 15) is 9.90 Å². The Morgan fingerprint density at radius 1 is 1.24 bits per heavy atom. The largest absolute Gasteiger partial charge is 0.487 e. The van der Waals surface area contributed by atoms with Crippen LogP contribution in [0, 0.1) is 7.14 Å². The number of halogens is 2. The first-order valence-corrected chi connectivity index (χ1v) is 11.5. The molecule has 0 unspecified atom stereocenters. The van der Waals surface area contributed by atoms with Crippen molar-refractivity contribution in [3.63, 3.8) is 0 Å². The van der Waals surface area contributed by atoms with E-state index < -0.39 is 5.97 Å². The summed E-state index contributed by atoms with van der Waals surface area (Å²) in [6, 6.07) is 13.7. The average molecular weight is 634 g/mol. The molecule has 2 aromatic carbocycles. The quantitative estimate of drug-likeness (QED) is 0.195. The number of carboxylic acid groups (broad SMARTS) is 1. The van der Waals surface area contributed by atoms with Gasteiger partial charge in [0.1, 0.15) is 17.3 Å². The van der Waals surface area contributed by atoms with Crippen LogP contribution in [0.1, 0.15) is 23.9 Å². The lowest BCUT2D eigenvalue weighted by Gasteiger charge is -2.13. The van der Waals surface area contributed by atoms with Gasteiger partial charge in [0.15, 0.2) is 0 Å². The molecule has 0 radical (unpaired) electrons. The number of aryl methyl sites for hydroxylation is 1. The lowest BCUT2D eigenvalue weighted by Crippen LogP contribution is -2.01. The van der Waals surface area contributed by atoms with E-state index in [4.69, 9.17) is 9.15 Å². The van der Waals surface area contributed by atoms with E-state index in [1.54, 1.807) is 6.08 Å². The highest BCUT2D eigenvalue weighted by atomic mass is 127. The van der Waals surface area contributed by atoms with Crippen LogP contribution in [0.4, 0.5) is 0 Å². The van der Waals surface area contributed by atoms with E-state index in [1.807, 2.05) is 49.4 Å². The Bertz CT molecular complexity index is 1040. The van der Waals surface area contributed by atoms with Crippen LogP contribution in [0.15, 0.2) is 57.0 Å². The van der Waals surface area contributed by atoms with Gasteiger partial charge in [-0.05, 0) is 80.7 Å². The van der Waals surface area contributed by atoms with Crippen LogP contribution in [-0.4, -0.2) is 21.3 Å². The fraction of sp³-hybridized carbons (Fsp3) is 0.150. The average Bonchev–Trinajstić information content (AvgIpc) is 3.15. The normalized spacial score (nSPS) is 11.5. The summed E-state index contributed by atoms with van der Waals surface area (Å²) < 4.78 is 13.4. The molecule has 29 heavy (non-hydrogen) atoms. The van der Waals surface area contributed by atoms with Gasteiger partial charge in [-0.25, -0.2) is 4.79 Å². The standard InChI is InChI=1S/C20H16I2N2O4S/c1-2-17-23-24-20(28-17)29-16(19(25)26)9-13-8-14(21)10-15(22)18(13)27-11-12-6-4-3-5-7-12/h3-10H,2,11H2,1H3,(H,25,26)/b16-9-. The predicted molar refractivity (Wildman–Crippen MR) is 128 cm³/mol. The van der Waals surface area contributed by atoms with Crippen LogP contribution in [0.3, 0.4) is 0 Å².